The molecule has 0 saturated heterocycles. The average Bonchev–Trinajstić information content (AvgIpc) is 3.43. The summed E-state index contributed by atoms with van der Waals surface area (Å²) in [5.41, 5.74) is 0.496. The van der Waals surface area contributed by atoms with Crippen LogP contribution >= 0.6 is 0 Å². The minimum absolute atomic E-state index is 0.0000563. The van der Waals surface area contributed by atoms with Crippen LogP contribution in [0.1, 0.15) is 28.8 Å². The first-order valence-electron chi connectivity index (χ1n) is 8.12. The fourth-order valence-electron chi connectivity index (χ4n) is 2.43. The zero-order chi connectivity index (χ0) is 18.7. The van der Waals surface area contributed by atoms with Crippen LogP contribution in [0.4, 0.5) is 4.39 Å². The number of amides is 1. The maximum absolute atomic E-state index is 13.6. The highest BCUT2D eigenvalue weighted by Crippen LogP contribution is 2.28. The van der Waals surface area contributed by atoms with E-state index in [1.165, 1.54) is 31.4 Å². The Kier molecular flexibility index (Phi) is 5.24. The van der Waals surface area contributed by atoms with E-state index >= 15 is 0 Å². The minimum Gasteiger partial charge on any atom is -0.495 e. The molecule has 26 heavy (non-hydrogen) atoms. The van der Waals surface area contributed by atoms with Crippen LogP contribution in [0.25, 0.3) is 0 Å². The topological polar surface area (TPSA) is 84.5 Å². The first-order chi connectivity index (χ1) is 12.4. The van der Waals surface area contributed by atoms with Crippen molar-refractivity contribution in [3.63, 3.8) is 0 Å². The van der Waals surface area contributed by atoms with E-state index in [2.05, 4.69) is 10.0 Å². The summed E-state index contributed by atoms with van der Waals surface area (Å²) in [4.78, 5) is 12.3. The highest BCUT2D eigenvalue weighted by molar-refractivity contribution is 7.89. The van der Waals surface area contributed by atoms with Gasteiger partial charge in [0.05, 0.1) is 7.11 Å². The second kappa shape index (κ2) is 7.43. The second-order valence-electron chi connectivity index (χ2n) is 6.04. The van der Waals surface area contributed by atoms with Crippen molar-refractivity contribution in [2.24, 2.45) is 0 Å². The van der Waals surface area contributed by atoms with Crippen LogP contribution in [0.15, 0.2) is 47.4 Å². The molecule has 3 rings (SSSR count). The number of sulfonamides is 1. The second-order valence-corrected chi connectivity index (χ2v) is 7.72. The molecule has 138 valence electrons. The minimum atomic E-state index is -3.78. The molecule has 0 bridgehead atoms. The third kappa shape index (κ3) is 4.20. The lowest BCUT2D eigenvalue weighted by atomic mass is 10.2. The summed E-state index contributed by atoms with van der Waals surface area (Å²) in [6, 6.07) is 10.2. The Morgan fingerprint density at radius 1 is 1.23 bits per heavy atom. The van der Waals surface area contributed by atoms with Gasteiger partial charge in [0.25, 0.3) is 5.91 Å². The standard InChI is InChI=1S/C18H19FN2O4S/c1-25-16-9-6-12(10-17(16)26(23,24)21-14-7-8-14)18(22)20-11-13-4-2-3-5-15(13)19/h2-6,9-10,14,21H,7-8,11H2,1H3,(H,20,22). The molecule has 0 aliphatic heterocycles. The summed E-state index contributed by atoms with van der Waals surface area (Å²) < 4.78 is 46.3. The molecule has 0 aromatic heterocycles. The molecule has 2 N–H and O–H groups in total. The van der Waals surface area contributed by atoms with Gasteiger partial charge in [-0.2, -0.15) is 0 Å². The smallest absolute Gasteiger partial charge is 0.251 e. The van der Waals surface area contributed by atoms with Crippen molar-refractivity contribution < 1.29 is 22.3 Å². The molecule has 0 radical (unpaired) electrons. The molecule has 1 fully saturated rings. The Labute approximate surface area is 151 Å². The van der Waals surface area contributed by atoms with E-state index in [1.807, 2.05) is 0 Å². The van der Waals surface area contributed by atoms with Gasteiger partial charge in [0.1, 0.15) is 16.5 Å². The number of halogens is 1. The van der Waals surface area contributed by atoms with E-state index in [0.29, 0.717) is 5.56 Å². The van der Waals surface area contributed by atoms with E-state index in [-0.39, 0.29) is 28.8 Å². The van der Waals surface area contributed by atoms with Gasteiger partial charge in [0, 0.05) is 23.7 Å². The fraction of sp³-hybridized carbons (Fsp3) is 0.278. The first-order valence-corrected chi connectivity index (χ1v) is 9.61. The van der Waals surface area contributed by atoms with Crippen molar-refractivity contribution in [3.05, 3.63) is 59.4 Å². The Morgan fingerprint density at radius 3 is 2.62 bits per heavy atom. The first kappa shape index (κ1) is 18.3. The fourth-order valence-corrected chi connectivity index (χ4v) is 3.93. The molecule has 6 nitrogen and oxygen atoms in total. The predicted octanol–water partition coefficient (Wildman–Crippen LogP) is 2.21. The normalized spacial score (nSPS) is 14.1. The molecule has 0 spiro atoms. The number of methoxy groups -OCH3 is 1. The van der Waals surface area contributed by atoms with E-state index in [1.54, 1.807) is 18.2 Å². The van der Waals surface area contributed by atoms with Crippen molar-refractivity contribution >= 4 is 15.9 Å². The molecular formula is C18H19FN2O4S. The molecule has 1 aliphatic carbocycles. The SMILES string of the molecule is COc1ccc(C(=O)NCc2ccccc2F)cc1S(=O)(=O)NC1CC1. The Bertz CT molecular complexity index is 927. The van der Waals surface area contributed by atoms with Crippen molar-refractivity contribution in [1.29, 1.82) is 0 Å². The van der Waals surface area contributed by atoms with Crippen molar-refractivity contribution in [1.82, 2.24) is 10.0 Å². The maximum Gasteiger partial charge on any atom is 0.251 e. The van der Waals surface area contributed by atoms with Crippen molar-refractivity contribution in [3.8, 4) is 5.75 Å². The molecule has 8 heteroatoms. The van der Waals surface area contributed by atoms with Crippen LogP contribution in [0.3, 0.4) is 0 Å². The van der Waals surface area contributed by atoms with E-state index in [0.717, 1.165) is 12.8 Å². The summed E-state index contributed by atoms with van der Waals surface area (Å²) >= 11 is 0. The molecule has 1 saturated carbocycles. The predicted molar refractivity (Wildman–Crippen MR) is 93.9 cm³/mol. The van der Waals surface area contributed by atoms with Gasteiger partial charge in [-0.3, -0.25) is 4.79 Å². The number of ether oxygens (including phenoxy) is 1. The monoisotopic (exact) mass is 378 g/mol. The van der Waals surface area contributed by atoms with Gasteiger partial charge in [-0.1, -0.05) is 18.2 Å². The van der Waals surface area contributed by atoms with E-state index in [9.17, 15) is 17.6 Å². The van der Waals surface area contributed by atoms with Gasteiger partial charge in [0.15, 0.2) is 0 Å². The number of benzene rings is 2. The zero-order valence-electron chi connectivity index (χ0n) is 14.2. The molecule has 2 aromatic carbocycles. The lowest BCUT2D eigenvalue weighted by molar-refractivity contribution is 0.0950. The molecule has 1 amide bonds. The van der Waals surface area contributed by atoms with Crippen LogP contribution in [0.5, 0.6) is 5.75 Å². The number of hydrogen-bond donors (Lipinski definition) is 2. The average molecular weight is 378 g/mol. The summed E-state index contributed by atoms with van der Waals surface area (Å²) in [7, 11) is -2.42. The van der Waals surface area contributed by atoms with Crippen LogP contribution in [-0.2, 0) is 16.6 Å². The molecule has 1 aliphatic rings. The summed E-state index contributed by atoms with van der Waals surface area (Å²) in [5.74, 6) is -0.762. The van der Waals surface area contributed by atoms with Gasteiger partial charge >= 0.3 is 0 Å². The molecular weight excluding hydrogens is 359 g/mol. The van der Waals surface area contributed by atoms with Crippen LogP contribution in [0, 0.1) is 5.82 Å². The summed E-state index contributed by atoms with van der Waals surface area (Å²) in [6.07, 6.45) is 1.59. The van der Waals surface area contributed by atoms with Crippen LogP contribution < -0.4 is 14.8 Å². The van der Waals surface area contributed by atoms with Gasteiger partial charge in [-0.05, 0) is 37.1 Å². The number of nitrogens with one attached hydrogen (secondary N) is 2. The molecule has 0 heterocycles. The Hall–Kier alpha value is -2.45. The van der Waals surface area contributed by atoms with E-state index < -0.39 is 21.7 Å². The Morgan fingerprint density at radius 2 is 1.96 bits per heavy atom. The third-order valence-electron chi connectivity index (χ3n) is 4.01. The third-order valence-corrected chi connectivity index (χ3v) is 5.55. The van der Waals surface area contributed by atoms with Gasteiger partial charge in [-0.25, -0.2) is 17.5 Å². The number of carbonyl (C=O) groups is 1. The largest absolute Gasteiger partial charge is 0.495 e. The Balaban J connectivity index is 1.80. The van der Waals surface area contributed by atoms with Crippen molar-refractivity contribution in [2.45, 2.75) is 30.3 Å². The lowest BCUT2D eigenvalue weighted by Crippen LogP contribution is -2.27. The summed E-state index contributed by atoms with van der Waals surface area (Å²) in [6.45, 7) is -0.0000563. The maximum atomic E-state index is 13.6. The number of carbonyl (C=O) groups excluding carboxylic acids is 1. The van der Waals surface area contributed by atoms with Gasteiger partial charge in [-0.15, -0.1) is 0 Å². The van der Waals surface area contributed by atoms with Gasteiger partial charge in [0.2, 0.25) is 10.0 Å². The lowest BCUT2D eigenvalue weighted by Gasteiger charge is -2.12. The van der Waals surface area contributed by atoms with Crippen LogP contribution in [-0.4, -0.2) is 27.5 Å². The zero-order valence-corrected chi connectivity index (χ0v) is 15.0. The quantitative estimate of drug-likeness (QED) is 0.774. The van der Waals surface area contributed by atoms with E-state index in [4.69, 9.17) is 4.74 Å². The number of hydrogen-bond acceptors (Lipinski definition) is 4. The molecule has 2 aromatic rings. The molecule has 0 unspecified atom stereocenters. The number of rotatable bonds is 7. The van der Waals surface area contributed by atoms with Gasteiger partial charge < -0.3 is 10.1 Å². The highest BCUT2D eigenvalue weighted by atomic mass is 32.2. The summed E-state index contributed by atoms with van der Waals surface area (Å²) in [5, 5.41) is 2.59. The molecule has 0 atom stereocenters. The van der Waals surface area contributed by atoms with Crippen molar-refractivity contribution in [2.75, 3.05) is 7.11 Å². The van der Waals surface area contributed by atoms with Crippen LogP contribution in [0.2, 0.25) is 0 Å². The highest BCUT2D eigenvalue weighted by Gasteiger charge is 2.30.